The van der Waals surface area contributed by atoms with Crippen LogP contribution in [0.25, 0.3) is 0 Å². The van der Waals surface area contributed by atoms with Crippen LogP contribution in [0.2, 0.25) is 5.54 Å². The highest BCUT2D eigenvalue weighted by atomic mass is 28.3. The van der Waals surface area contributed by atoms with E-state index in [1.54, 1.807) is 0 Å². The molecule has 0 bridgehead atoms. The van der Waals surface area contributed by atoms with Gasteiger partial charge in [-0.1, -0.05) is 0 Å². The van der Waals surface area contributed by atoms with Crippen molar-refractivity contribution in [2.75, 3.05) is 0 Å². The molecule has 0 spiro atoms. The lowest BCUT2D eigenvalue weighted by Crippen LogP contribution is -2.20. The van der Waals surface area contributed by atoms with Gasteiger partial charge < -0.3 is 13.6 Å². The first-order chi connectivity index (χ1) is 5.33. The third-order valence-corrected chi connectivity index (χ3v) is 4.16. The fraction of sp³-hybridized carbons (Fsp3) is 1.00. The van der Waals surface area contributed by atoms with Gasteiger partial charge in [-0.2, -0.15) is 0 Å². The molecule has 1 unspecified atom stereocenters. The van der Waals surface area contributed by atoms with Gasteiger partial charge in [0.15, 0.2) is 0 Å². The van der Waals surface area contributed by atoms with Gasteiger partial charge in [0.05, 0.1) is 0 Å². The predicted octanol–water partition coefficient (Wildman–Crippen LogP) is 0.131. The molecule has 1 aliphatic carbocycles. The van der Waals surface area contributed by atoms with Crippen LogP contribution in [0.15, 0.2) is 0 Å². The zero-order chi connectivity index (χ0) is 7.53. The fourth-order valence-electron chi connectivity index (χ4n) is 2.07. The highest BCUT2D eigenvalue weighted by Crippen LogP contribution is 2.77. The molecular weight excluding hydrogens is 176 g/mol. The smallest absolute Gasteiger partial charge is 0.231 e. The Balaban J connectivity index is 1.76. The summed E-state index contributed by atoms with van der Waals surface area (Å²) in [4.78, 5) is 0. The highest BCUT2D eigenvalue weighted by Gasteiger charge is 2.93. The predicted molar refractivity (Wildman–Crippen MR) is 37.8 cm³/mol. The molecule has 3 nitrogen and oxygen atoms in total. The molecule has 0 aromatic heterocycles. The lowest BCUT2D eigenvalue weighted by Gasteiger charge is -2.12. The van der Waals surface area contributed by atoms with E-state index in [9.17, 15) is 0 Å². The maximum Gasteiger partial charge on any atom is 0.231 e. The Labute approximate surface area is 70.9 Å². The van der Waals surface area contributed by atoms with Crippen LogP contribution in [0.4, 0.5) is 0 Å². The minimum atomic E-state index is -0.184. The Kier molecular flexibility index (Phi) is 1.11. The summed E-state index contributed by atoms with van der Waals surface area (Å²) in [5, 5.41) is 0. The van der Waals surface area contributed by atoms with Crippen LogP contribution in [0.3, 0.4) is 0 Å². The largest absolute Gasteiger partial charge is 0.457 e. The molecule has 3 fully saturated rings. The second kappa shape index (κ2) is 1.80. The molecule has 57 valence electrons. The first kappa shape index (κ1) is 6.79. The summed E-state index contributed by atoms with van der Waals surface area (Å²) >= 11 is 0. The van der Waals surface area contributed by atoms with Crippen molar-refractivity contribution in [1.29, 1.82) is 0 Å². The van der Waals surface area contributed by atoms with E-state index in [0.717, 1.165) is 6.42 Å². The Morgan fingerprint density at radius 2 is 2.36 bits per heavy atom. The zero-order valence-electron chi connectivity index (χ0n) is 5.92. The summed E-state index contributed by atoms with van der Waals surface area (Å²) in [5.41, 5.74) is 0.466. The minimum Gasteiger partial charge on any atom is -0.457 e. The SMILES string of the molecule is [Si]O[Si]C1CCCC23OC12O3. The fourth-order valence-corrected chi connectivity index (χ4v) is 3.45. The van der Waals surface area contributed by atoms with Gasteiger partial charge in [0, 0.05) is 12.0 Å². The van der Waals surface area contributed by atoms with Crippen LogP contribution >= 0.6 is 0 Å². The van der Waals surface area contributed by atoms with E-state index in [4.69, 9.17) is 13.6 Å². The van der Waals surface area contributed by atoms with E-state index in [0.29, 0.717) is 15.3 Å². The third kappa shape index (κ3) is 0.642. The van der Waals surface area contributed by atoms with E-state index >= 15 is 0 Å². The van der Waals surface area contributed by atoms with Gasteiger partial charge in [-0.25, -0.2) is 0 Å². The van der Waals surface area contributed by atoms with Crippen molar-refractivity contribution in [3.8, 4) is 0 Å². The molecule has 5 radical (unpaired) electrons. The van der Waals surface area contributed by atoms with E-state index in [2.05, 4.69) is 10.5 Å². The quantitative estimate of drug-likeness (QED) is 0.451. The number of epoxide rings is 2. The molecule has 0 aromatic carbocycles. The Morgan fingerprint density at radius 1 is 1.55 bits per heavy atom. The van der Waals surface area contributed by atoms with Crippen molar-refractivity contribution in [1.82, 2.24) is 0 Å². The molecule has 5 heteroatoms. The Hall–Kier alpha value is 0.314. The summed E-state index contributed by atoms with van der Waals surface area (Å²) in [6.45, 7) is 0. The number of hydrogen-bond donors (Lipinski definition) is 0. The molecular formula is C6H7O3Si2. The van der Waals surface area contributed by atoms with Crippen molar-refractivity contribution in [3.05, 3.63) is 0 Å². The van der Waals surface area contributed by atoms with Crippen molar-refractivity contribution in [2.24, 2.45) is 0 Å². The summed E-state index contributed by atoms with van der Waals surface area (Å²) < 4.78 is 15.9. The molecule has 1 saturated carbocycles. The molecule has 3 aliphatic rings. The lowest BCUT2D eigenvalue weighted by atomic mass is 10.0. The average molecular weight is 183 g/mol. The Bertz CT molecular complexity index is 200. The molecule has 1 atom stereocenters. The number of hydrogen-bond acceptors (Lipinski definition) is 3. The number of ether oxygens (including phenoxy) is 2. The number of rotatable bonds is 2. The van der Waals surface area contributed by atoms with E-state index in [1.165, 1.54) is 12.8 Å². The Morgan fingerprint density at radius 3 is 3.09 bits per heavy atom. The van der Waals surface area contributed by atoms with Gasteiger partial charge in [-0.05, 0) is 12.8 Å². The lowest BCUT2D eigenvalue weighted by molar-refractivity contribution is -0.0930. The minimum absolute atomic E-state index is 0.131. The maximum atomic E-state index is 5.49. The van der Waals surface area contributed by atoms with Crippen LogP contribution in [-0.2, 0) is 13.6 Å². The summed E-state index contributed by atoms with van der Waals surface area (Å²) in [6.07, 6.45) is 3.45. The summed E-state index contributed by atoms with van der Waals surface area (Å²) in [5.74, 6) is -0.315. The van der Waals surface area contributed by atoms with Crippen molar-refractivity contribution < 1.29 is 13.6 Å². The second-order valence-corrected chi connectivity index (χ2v) is 5.04. The van der Waals surface area contributed by atoms with Crippen LogP contribution in [0.1, 0.15) is 19.3 Å². The van der Waals surface area contributed by atoms with E-state index in [-0.39, 0.29) is 11.6 Å². The molecule has 0 N–H and O–H groups in total. The van der Waals surface area contributed by atoms with Crippen LogP contribution in [0.5, 0.6) is 0 Å². The van der Waals surface area contributed by atoms with Gasteiger partial charge in [-0.15, -0.1) is 0 Å². The average Bonchev–Trinajstić information content (AvgIpc) is 2.73. The van der Waals surface area contributed by atoms with Crippen LogP contribution < -0.4 is 0 Å². The molecule has 3 rings (SSSR count). The molecule has 11 heavy (non-hydrogen) atoms. The molecule has 2 heterocycles. The van der Waals surface area contributed by atoms with Crippen LogP contribution in [-0.4, -0.2) is 31.8 Å². The van der Waals surface area contributed by atoms with Crippen molar-refractivity contribution in [2.45, 2.75) is 36.4 Å². The topological polar surface area (TPSA) is 34.3 Å². The monoisotopic (exact) mass is 183 g/mol. The zero-order valence-corrected chi connectivity index (χ0v) is 7.92. The first-order valence-electron chi connectivity index (χ1n) is 3.81. The van der Waals surface area contributed by atoms with Gasteiger partial charge in [0.1, 0.15) is 0 Å². The molecule has 0 aromatic rings. The van der Waals surface area contributed by atoms with E-state index in [1.807, 2.05) is 0 Å². The molecule has 0 amide bonds. The van der Waals surface area contributed by atoms with Crippen LogP contribution in [0, 0.1) is 0 Å². The van der Waals surface area contributed by atoms with Gasteiger partial charge in [-0.3, -0.25) is 0 Å². The summed E-state index contributed by atoms with van der Waals surface area (Å²) in [6, 6.07) is 0. The normalized spacial score (nSPS) is 58.1. The van der Waals surface area contributed by atoms with E-state index < -0.39 is 0 Å². The molecule has 2 saturated heterocycles. The summed E-state index contributed by atoms with van der Waals surface area (Å²) in [7, 11) is 3.48. The molecule has 2 aliphatic heterocycles. The van der Waals surface area contributed by atoms with Gasteiger partial charge >= 0.3 is 0 Å². The maximum absolute atomic E-state index is 5.49. The first-order valence-corrected chi connectivity index (χ1v) is 5.21. The van der Waals surface area contributed by atoms with Gasteiger partial charge in [0.2, 0.25) is 31.8 Å². The second-order valence-electron chi connectivity index (χ2n) is 3.29. The van der Waals surface area contributed by atoms with Crippen molar-refractivity contribution >= 4 is 20.2 Å². The standard InChI is InChI=1S/C6H7O3Si2/c10-9-11-4-2-1-3-5-6(4,7-5)8-5/h4H,1-3H2. The van der Waals surface area contributed by atoms with Crippen molar-refractivity contribution in [3.63, 3.8) is 0 Å². The highest BCUT2D eigenvalue weighted by molar-refractivity contribution is 6.36. The van der Waals surface area contributed by atoms with Gasteiger partial charge in [0.25, 0.3) is 0 Å². The third-order valence-electron chi connectivity index (χ3n) is 2.74.